The zero-order valence-corrected chi connectivity index (χ0v) is 21.9. The van der Waals surface area contributed by atoms with Gasteiger partial charge < -0.3 is 9.47 Å². The van der Waals surface area contributed by atoms with Crippen molar-refractivity contribution in [1.82, 2.24) is 5.01 Å². The second-order valence-electron chi connectivity index (χ2n) is 8.33. The summed E-state index contributed by atoms with van der Waals surface area (Å²) in [6.45, 7) is 4.89. The summed E-state index contributed by atoms with van der Waals surface area (Å²) in [7, 11) is 0. The molecule has 3 aromatic rings. The highest BCUT2D eigenvalue weighted by atomic mass is 35.5. The van der Waals surface area contributed by atoms with E-state index in [4.69, 9.17) is 14.9 Å². The van der Waals surface area contributed by atoms with E-state index >= 15 is 0 Å². The highest BCUT2D eigenvalue weighted by Crippen LogP contribution is 2.31. The number of fused-ring (bicyclic) bond motifs is 1. The molecule has 0 saturated carbocycles. The van der Waals surface area contributed by atoms with E-state index < -0.39 is 5.91 Å². The molecule has 0 aliphatic carbocycles. The maximum Gasteiger partial charge on any atom is 0.283 e. The lowest BCUT2D eigenvalue weighted by atomic mass is 10.1. The van der Waals surface area contributed by atoms with Crippen molar-refractivity contribution in [2.45, 2.75) is 13.8 Å². The number of carbonyl (C=O) groups is 1. The van der Waals surface area contributed by atoms with Crippen molar-refractivity contribution in [3.8, 4) is 11.5 Å². The van der Waals surface area contributed by atoms with E-state index in [1.54, 1.807) is 6.08 Å². The molecule has 0 aromatic heterocycles. The number of hydrazone groups is 1. The van der Waals surface area contributed by atoms with Gasteiger partial charge >= 0.3 is 0 Å². The number of nitrogens with one attached hydrogen (secondary N) is 1. The molecule has 0 atom stereocenters. The third-order valence-corrected chi connectivity index (χ3v) is 6.58. The minimum atomic E-state index is -0.452. The van der Waals surface area contributed by atoms with Gasteiger partial charge in [-0.2, -0.15) is 15.1 Å². The molecule has 2 heterocycles. The number of aryl methyl sites for hydroxylation is 2. The number of amidine groups is 2. The van der Waals surface area contributed by atoms with Crippen molar-refractivity contribution in [1.29, 1.82) is 5.41 Å². The molecule has 9 heteroatoms. The van der Waals surface area contributed by atoms with Crippen LogP contribution in [0.1, 0.15) is 22.3 Å². The Bertz CT molecular complexity index is 1420. The van der Waals surface area contributed by atoms with Crippen LogP contribution in [-0.2, 0) is 4.79 Å². The molecule has 37 heavy (non-hydrogen) atoms. The highest BCUT2D eigenvalue weighted by Gasteiger charge is 2.35. The van der Waals surface area contributed by atoms with Gasteiger partial charge in [0.15, 0.2) is 5.84 Å². The molecule has 0 fully saturated rings. The first-order valence-electron chi connectivity index (χ1n) is 11.5. The van der Waals surface area contributed by atoms with Crippen molar-refractivity contribution in [3.05, 3.63) is 101 Å². The fraction of sp³-hybridized carbons (Fsp3) is 0.143. The van der Waals surface area contributed by atoms with Gasteiger partial charge in [0, 0.05) is 5.56 Å². The SMILES string of the molecule is Cc1ccc(C)c(OCCOc2ccc(/C=C3\C(=N)N4N=C(c5ccccc5)SC4=NC3=O)cc2)c1.Cl. The normalized spacial score (nSPS) is 15.6. The molecule has 1 N–H and O–H groups in total. The predicted octanol–water partition coefficient (Wildman–Crippen LogP) is 5.85. The summed E-state index contributed by atoms with van der Waals surface area (Å²) < 4.78 is 11.6. The highest BCUT2D eigenvalue weighted by molar-refractivity contribution is 8.27. The van der Waals surface area contributed by atoms with Gasteiger partial charge in [-0.15, -0.1) is 12.4 Å². The molecule has 2 aliphatic heterocycles. The molecule has 5 rings (SSSR count). The third kappa shape index (κ3) is 5.93. The molecule has 0 unspecified atom stereocenters. The van der Waals surface area contributed by atoms with Crippen molar-refractivity contribution in [2.24, 2.45) is 10.1 Å². The van der Waals surface area contributed by atoms with Gasteiger partial charge in [-0.05, 0) is 66.6 Å². The Morgan fingerprint density at radius 3 is 2.46 bits per heavy atom. The van der Waals surface area contributed by atoms with Crippen molar-refractivity contribution in [3.63, 3.8) is 0 Å². The van der Waals surface area contributed by atoms with Crippen LogP contribution in [0.5, 0.6) is 11.5 Å². The number of hydrogen-bond donors (Lipinski definition) is 1. The maximum absolute atomic E-state index is 12.7. The second kappa shape index (κ2) is 11.5. The average Bonchev–Trinajstić information content (AvgIpc) is 3.32. The van der Waals surface area contributed by atoms with E-state index in [1.165, 1.54) is 16.8 Å². The smallest absolute Gasteiger partial charge is 0.283 e. The summed E-state index contributed by atoms with van der Waals surface area (Å²) >= 11 is 1.29. The van der Waals surface area contributed by atoms with Crippen LogP contribution in [0, 0.1) is 19.3 Å². The van der Waals surface area contributed by atoms with Gasteiger partial charge in [-0.3, -0.25) is 10.2 Å². The van der Waals surface area contributed by atoms with E-state index in [0.29, 0.717) is 29.2 Å². The van der Waals surface area contributed by atoms with Crippen LogP contribution in [0.2, 0.25) is 0 Å². The number of thioether (sulfide) groups is 1. The maximum atomic E-state index is 12.7. The minimum absolute atomic E-state index is 0. The Labute approximate surface area is 225 Å². The quantitative estimate of drug-likeness (QED) is 0.304. The standard InChI is InChI=1S/C28H24N4O3S.ClH/c1-18-8-9-19(2)24(16-18)35-15-14-34-22-12-10-20(11-13-22)17-23-25(29)32-28(30-26(23)33)36-27(31-32)21-6-4-3-5-7-21;/h3-13,16-17,29H,14-15H2,1-2H3;1H/b23-17+,29-25?;. The van der Waals surface area contributed by atoms with E-state index in [-0.39, 0.29) is 23.8 Å². The number of halogens is 1. The number of benzene rings is 3. The fourth-order valence-electron chi connectivity index (χ4n) is 3.69. The molecule has 1 amide bonds. The Morgan fingerprint density at radius 2 is 1.70 bits per heavy atom. The molecule has 0 spiro atoms. The van der Waals surface area contributed by atoms with Gasteiger partial charge in [0.2, 0.25) is 5.17 Å². The lowest BCUT2D eigenvalue weighted by molar-refractivity contribution is -0.114. The number of aliphatic imine (C=N–C) groups is 1. The average molecular weight is 533 g/mol. The minimum Gasteiger partial charge on any atom is -0.490 e. The molecule has 188 valence electrons. The van der Waals surface area contributed by atoms with Gasteiger partial charge in [-0.1, -0.05) is 54.6 Å². The number of carbonyl (C=O) groups excluding carboxylic acids is 1. The van der Waals surface area contributed by atoms with Crippen LogP contribution < -0.4 is 9.47 Å². The summed E-state index contributed by atoms with van der Waals surface area (Å²) in [5.74, 6) is 1.11. The lowest BCUT2D eigenvalue weighted by Crippen LogP contribution is -2.35. The van der Waals surface area contributed by atoms with Crippen LogP contribution in [0.4, 0.5) is 0 Å². The summed E-state index contributed by atoms with van der Waals surface area (Å²) in [6.07, 6.45) is 1.65. The third-order valence-electron chi connectivity index (χ3n) is 5.62. The van der Waals surface area contributed by atoms with Gasteiger partial charge in [0.1, 0.15) is 29.8 Å². The number of rotatable bonds is 7. The zero-order valence-electron chi connectivity index (χ0n) is 20.3. The van der Waals surface area contributed by atoms with E-state index in [2.05, 4.69) is 16.2 Å². The number of hydrogen-bond acceptors (Lipinski definition) is 6. The summed E-state index contributed by atoms with van der Waals surface area (Å²) in [5.41, 5.74) is 4.11. The molecular formula is C28H25ClN4O3S. The monoisotopic (exact) mass is 532 g/mol. The Hall–Kier alpha value is -3.88. The van der Waals surface area contributed by atoms with Gasteiger partial charge in [0.25, 0.3) is 5.91 Å². The molecule has 3 aromatic carbocycles. The first kappa shape index (κ1) is 26.2. The van der Waals surface area contributed by atoms with Gasteiger partial charge in [0.05, 0.1) is 5.57 Å². The van der Waals surface area contributed by atoms with E-state index in [9.17, 15) is 4.79 Å². The molecule has 0 saturated heterocycles. The Kier molecular flexibility index (Phi) is 8.11. The molecule has 0 radical (unpaired) electrons. The molecule has 7 nitrogen and oxygen atoms in total. The zero-order chi connectivity index (χ0) is 25.1. The van der Waals surface area contributed by atoms with Crippen molar-refractivity contribution < 1.29 is 14.3 Å². The van der Waals surface area contributed by atoms with E-state index in [1.807, 2.05) is 80.6 Å². The van der Waals surface area contributed by atoms with Crippen LogP contribution in [0.15, 0.2) is 88.5 Å². The number of ether oxygens (including phenoxy) is 2. The summed E-state index contributed by atoms with van der Waals surface area (Å²) in [6, 6.07) is 23.1. The van der Waals surface area contributed by atoms with Crippen molar-refractivity contribution >= 4 is 52.2 Å². The first-order valence-corrected chi connectivity index (χ1v) is 12.3. The number of nitrogens with zero attached hydrogens (tertiary/aromatic N) is 3. The Balaban J connectivity index is 0.00000320. The molecule has 0 bridgehead atoms. The van der Waals surface area contributed by atoms with Crippen LogP contribution in [-0.4, -0.2) is 40.2 Å². The van der Waals surface area contributed by atoms with Crippen LogP contribution in [0.25, 0.3) is 6.08 Å². The van der Waals surface area contributed by atoms with Crippen LogP contribution in [0.3, 0.4) is 0 Å². The summed E-state index contributed by atoms with van der Waals surface area (Å²) in [5, 5.41) is 15.6. The van der Waals surface area contributed by atoms with Crippen molar-refractivity contribution in [2.75, 3.05) is 13.2 Å². The largest absolute Gasteiger partial charge is 0.490 e. The predicted molar refractivity (Wildman–Crippen MR) is 151 cm³/mol. The second-order valence-corrected chi connectivity index (χ2v) is 9.28. The van der Waals surface area contributed by atoms with Crippen LogP contribution >= 0.6 is 24.2 Å². The summed E-state index contributed by atoms with van der Waals surface area (Å²) in [4.78, 5) is 16.8. The fourth-order valence-corrected chi connectivity index (χ4v) is 4.59. The topological polar surface area (TPSA) is 87.3 Å². The first-order chi connectivity index (χ1) is 17.5. The van der Waals surface area contributed by atoms with Gasteiger partial charge in [-0.25, -0.2) is 0 Å². The molecular weight excluding hydrogens is 508 g/mol. The lowest BCUT2D eigenvalue weighted by Gasteiger charge is -2.20. The Morgan fingerprint density at radius 1 is 0.973 bits per heavy atom. The van der Waals surface area contributed by atoms with E-state index in [0.717, 1.165) is 28.0 Å². The number of amides is 1. The molecule has 2 aliphatic rings.